The number of anilines is 1. The van der Waals surface area contributed by atoms with Crippen molar-refractivity contribution in [2.45, 2.75) is 26.4 Å². The Morgan fingerprint density at radius 3 is 2.94 bits per heavy atom. The minimum atomic E-state index is -0.241. The van der Waals surface area contributed by atoms with E-state index in [9.17, 15) is 4.79 Å². The van der Waals surface area contributed by atoms with E-state index in [4.69, 9.17) is 5.73 Å². The van der Waals surface area contributed by atoms with Crippen LogP contribution in [0.25, 0.3) is 0 Å². The zero-order valence-corrected chi connectivity index (χ0v) is 11.1. The van der Waals surface area contributed by atoms with Crippen molar-refractivity contribution in [2.24, 2.45) is 5.73 Å². The second-order valence-electron chi connectivity index (χ2n) is 4.09. The second-order valence-corrected chi connectivity index (χ2v) is 5.03. The van der Waals surface area contributed by atoms with E-state index < -0.39 is 0 Å². The van der Waals surface area contributed by atoms with Crippen LogP contribution in [0.2, 0.25) is 0 Å². The van der Waals surface area contributed by atoms with E-state index in [-0.39, 0.29) is 11.9 Å². The number of hydrogen-bond donors (Lipinski definition) is 2. The number of carbonyl (C=O) groups is 1. The molecule has 2 aromatic rings. The number of nitrogens with two attached hydrogens (primary N) is 1. The van der Waals surface area contributed by atoms with Gasteiger partial charge in [0.25, 0.3) is 5.91 Å². The van der Waals surface area contributed by atoms with Crippen molar-refractivity contribution in [3.8, 4) is 0 Å². The van der Waals surface area contributed by atoms with Crippen LogP contribution >= 0.6 is 11.3 Å². The molecule has 2 aromatic heterocycles. The lowest BCUT2D eigenvalue weighted by Gasteiger charge is -2.03. The summed E-state index contributed by atoms with van der Waals surface area (Å²) in [4.78, 5) is 16.0. The van der Waals surface area contributed by atoms with Crippen molar-refractivity contribution in [1.29, 1.82) is 0 Å². The van der Waals surface area contributed by atoms with Gasteiger partial charge in [-0.2, -0.15) is 5.10 Å². The molecule has 2 rings (SSSR count). The number of aromatic nitrogens is 3. The molecule has 18 heavy (non-hydrogen) atoms. The van der Waals surface area contributed by atoms with Gasteiger partial charge in [0, 0.05) is 24.2 Å². The van der Waals surface area contributed by atoms with Crippen molar-refractivity contribution < 1.29 is 4.79 Å². The van der Waals surface area contributed by atoms with Gasteiger partial charge in [0.15, 0.2) is 0 Å². The second kappa shape index (κ2) is 5.28. The smallest absolute Gasteiger partial charge is 0.275 e. The number of nitrogens with zero attached hydrogens (tertiary/aromatic N) is 3. The summed E-state index contributed by atoms with van der Waals surface area (Å²) in [6.07, 6.45) is 3.41. The highest BCUT2D eigenvalue weighted by Crippen LogP contribution is 2.13. The number of amides is 1. The Bertz CT molecular complexity index is 545. The molecule has 0 unspecified atom stereocenters. The summed E-state index contributed by atoms with van der Waals surface area (Å²) in [6.45, 7) is 4.39. The zero-order valence-electron chi connectivity index (χ0n) is 10.3. The summed E-state index contributed by atoms with van der Waals surface area (Å²) >= 11 is 1.38. The molecule has 0 aromatic carbocycles. The van der Waals surface area contributed by atoms with Crippen LogP contribution in [0, 0.1) is 0 Å². The third-order valence-electron chi connectivity index (χ3n) is 2.35. The van der Waals surface area contributed by atoms with Gasteiger partial charge in [0.1, 0.15) is 10.7 Å². The Balaban J connectivity index is 2.06. The Hall–Kier alpha value is -1.73. The van der Waals surface area contributed by atoms with E-state index in [1.807, 2.05) is 13.8 Å². The lowest BCUT2D eigenvalue weighted by atomic mass is 10.4. The molecule has 0 aliphatic heterocycles. The fourth-order valence-corrected chi connectivity index (χ4v) is 2.04. The van der Waals surface area contributed by atoms with Gasteiger partial charge in [-0.3, -0.25) is 9.48 Å². The van der Waals surface area contributed by atoms with Crippen molar-refractivity contribution in [3.05, 3.63) is 28.5 Å². The predicted molar refractivity (Wildman–Crippen MR) is 70.6 cm³/mol. The zero-order chi connectivity index (χ0) is 13.1. The first-order valence-electron chi connectivity index (χ1n) is 5.60. The largest absolute Gasteiger partial charge is 0.325 e. The lowest BCUT2D eigenvalue weighted by Crippen LogP contribution is -2.12. The molecule has 0 aliphatic rings. The third kappa shape index (κ3) is 2.74. The van der Waals surface area contributed by atoms with Gasteiger partial charge in [-0.25, -0.2) is 4.98 Å². The number of thiazole rings is 1. The van der Waals surface area contributed by atoms with E-state index in [2.05, 4.69) is 15.4 Å². The molecule has 0 saturated carbocycles. The molecule has 0 fully saturated rings. The molecule has 0 radical (unpaired) electrons. The van der Waals surface area contributed by atoms with Crippen LogP contribution in [0.5, 0.6) is 0 Å². The minimum Gasteiger partial charge on any atom is -0.325 e. The number of rotatable bonds is 4. The first kappa shape index (κ1) is 12.7. The summed E-state index contributed by atoms with van der Waals surface area (Å²) in [7, 11) is 0. The molecule has 7 heteroatoms. The average Bonchev–Trinajstić information content (AvgIpc) is 2.96. The maximum atomic E-state index is 11.9. The standard InChI is InChI=1S/C11H15N5OS/c1-7(2)16-5-8(4-13-16)14-11(17)9-6-18-10(3-12)15-9/h4-7H,3,12H2,1-2H3,(H,14,17). The third-order valence-corrected chi connectivity index (χ3v) is 3.22. The Morgan fingerprint density at radius 2 is 2.39 bits per heavy atom. The summed E-state index contributed by atoms with van der Waals surface area (Å²) < 4.78 is 1.78. The van der Waals surface area contributed by atoms with Gasteiger partial charge < -0.3 is 11.1 Å². The number of nitrogens with one attached hydrogen (secondary N) is 1. The number of carbonyl (C=O) groups excluding carboxylic acids is 1. The molecule has 0 saturated heterocycles. The molecular weight excluding hydrogens is 250 g/mol. The Kier molecular flexibility index (Phi) is 3.73. The average molecular weight is 265 g/mol. The Labute approximate surface area is 109 Å². The van der Waals surface area contributed by atoms with Gasteiger partial charge in [0.2, 0.25) is 0 Å². The van der Waals surface area contributed by atoms with E-state index in [0.717, 1.165) is 5.01 Å². The summed E-state index contributed by atoms with van der Waals surface area (Å²) in [6, 6.07) is 0.263. The van der Waals surface area contributed by atoms with Gasteiger partial charge in [0.05, 0.1) is 11.9 Å². The van der Waals surface area contributed by atoms with Crippen molar-refractivity contribution in [1.82, 2.24) is 14.8 Å². The van der Waals surface area contributed by atoms with Crippen LogP contribution < -0.4 is 11.1 Å². The van der Waals surface area contributed by atoms with E-state index in [0.29, 0.717) is 17.9 Å². The topological polar surface area (TPSA) is 85.8 Å². The quantitative estimate of drug-likeness (QED) is 0.879. The van der Waals surface area contributed by atoms with Gasteiger partial charge >= 0.3 is 0 Å². The molecule has 2 heterocycles. The first-order chi connectivity index (χ1) is 8.60. The normalized spacial score (nSPS) is 10.9. The van der Waals surface area contributed by atoms with E-state index in [1.165, 1.54) is 11.3 Å². The molecular formula is C11H15N5OS. The van der Waals surface area contributed by atoms with E-state index >= 15 is 0 Å². The van der Waals surface area contributed by atoms with Gasteiger partial charge in [-0.05, 0) is 13.8 Å². The molecule has 6 nitrogen and oxygen atoms in total. The lowest BCUT2D eigenvalue weighted by molar-refractivity contribution is 0.102. The molecule has 0 bridgehead atoms. The molecule has 0 aliphatic carbocycles. The summed E-state index contributed by atoms with van der Waals surface area (Å²) in [5, 5.41) is 9.35. The van der Waals surface area contributed by atoms with Crippen molar-refractivity contribution in [3.63, 3.8) is 0 Å². The summed E-state index contributed by atoms with van der Waals surface area (Å²) in [5.41, 5.74) is 6.51. The molecule has 0 spiro atoms. The fourth-order valence-electron chi connectivity index (χ4n) is 1.39. The fraction of sp³-hybridized carbons (Fsp3) is 0.364. The maximum absolute atomic E-state index is 11.9. The van der Waals surface area contributed by atoms with Crippen LogP contribution in [0.3, 0.4) is 0 Å². The van der Waals surface area contributed by atoms with Crippen LogP contribution in [-0.2, 0) is 6.54 Å². The highest BCUT2D eigenvalue weighted by Gasteiger charge is 2.11. The molecule has 96 valence electrons. The van der Waals surface area contributed by atoms with Gasteiger partial charge in [-0.1, -0.05) is 0 Å². The van der Waals surface area contributed by atoms with Crippen LogP contribution in [-0.4, -0.2) is 20.7 Å². The minimum absolute atomic E-state index is 0.241. The molecule has 1 amide bonds. The van der Waals surface area contributed by atoms with Crippen LogP contribution in [0.15, 0.2) is 17.8 Å². The number of hydrogen-bond acceptors (Lipinski definition) is 5. The van der Waals surface area contributed by atoms with Crippen LogP contribution in [0.1, 0.15) is 35.4 Å². The summed E-state index contributed by atoms with van der Waals surface area (Å²) in [5.74, 6) is -0.241. The van der Waals surface area contributed by atoms with Crippen molar-refractivity contribution in [2.75, 3.05) is 5.32 Å². The molecule has 0 atom stereocenters. The Morgan fingerprint density at radius 1 is 1.61 bits per heavy atom. The van der Waals surface area contributed by atoms with Gasteiger partial charge in [-0.15, -0.1) is 11.3 Å². The maximum Gasteiger partial charge on any atom is 0.275 e. The van der Waals surface area contributed by atoms with Crippen molar-refractivity contribution >= 4 is 22.9 Å². The predicted octanol–water partition coefficient (Wildman–Crippen LogP) is 1.63. The monoisotopic (exact) mass is 265 g/mol. The molecule has 3 N–H and O–H groups in total. The van der Waals surface area contributed by atoms with E-state index in [1.54, 1.807) is 22.5 Å². The SMILES string of the molecule is CC(C)n1cc(NC(=O)c2csc(CN)n2)cn1. The highest BCUT2D eigenvalue weighted by atomic mass is 32.1. The van der Waals surface area contributed by atoms with Crippen LogP contribution in [0.4, 0.5) is 5.69 Å². The first-order valence-corrected chi connectivity index (χ1v) is 6.48. The highest BCUT2D eigenvalue weighted by molar-refractivity contribution is 7.09.